The predicted molar refractivity (Wildman–Crippen MR) is 59.4 cm³/mol. The molecule has 0 bridgehead atoms. The highest BCUT2D eigenvalue weighted by Crippen LogP contribution is 2.20. The van der Waals surface area contributed by atoms with Gasteiger partial charge >= 0.3 is 0 Å². The van der Waals surface area contributed by atoms with Crippen molar-refractivity contribution in [2.75, 3.05) is 5.32 Å². The number of benzene rings is 1. The van der Waals surface area contributed by atoms with Crippen molar-refractivity contribution in [2.45, 2.75) is 33.7 Å². The Bertz CT molecular complexity index is 375. The summed E-state index contributed by atoms with van der Waals surface area (Å²) < 4.78 is 0. The zero-order valence-electron chi connectivity index (χ0n) is 9.18. The second kappa shape index (κ2) is 4.15. The van der Waals surface area contributed by atoms with Gasteiger partial charge in [-0.05, 0) is 50.5 Å². The molecule has 0 fully saturated rings. The lowest BCUT2D eigenvalue weighted by Crippen LogP contribution is -2.13. The van der Waals surface area contributed by atoms with Crippen LogP contribution in [0.2, 0.25) is 0 Å². The molecule has 0 radical (unpaired) electrons. The van der Waals surface area contributed by atoms with Gasteiger partial charge < -0.3 is 5.32 Å². The molecular formula is C12H16N2. The maximum atomic E-state index is 8.70. The van der Waals surface area contributed by atoms with Crippen LogP contribution in [0.1, 0.15) is 23.6 Å². The molecule has 0 aliphatic heterocycles. The van der Waals surface area contributed by atoms with Gasteiger partial charge in [-0.3, -0.25) is 0 Å². The molecule has 0 aliphatic carbocycles. The summed E-state index contributed by atoms with van der Waals surface area (Å²) in [7, 11) is 0. The minimum absolute atomic E-state index is 0.143. The van der Waals surface area contributed by atoms with Crippen LogP contribution in [-0.4, -0.2) is 6.04 Å². The number of aryl methyl sites for hydroxylation is 3. The molecule has 0 aromatic heterocycles. The smallest absolute Gasteiger partial charge is 0.111 e. The number of hydrogen-bond acceptors (Lipinski definition) is 2. The number of hydrogen-bond donors (Lipinski definition) is 1. The van der Waals surface area contributed by atoms with Crippen LogP contribution in [0.15, 0.2) is 12.1 Å². The fraction of sp³-hybridized carbons (Fsp3) is 0.417. The van der Waals surface area contributed by atoms with Crippen molar-refractivity contribution in [3.8, 4) is 6.07 Å². The second-order valence-electron chi connectivity index (χ2n) is 3.75. The van der Waals surface area contributed by atoms with E-state index in [9.17, 15) is 0 Å². The zero-order valence-corrected chi connectivity index (χ0v) is 9.18. The minimum Gasteiger partial charge on any atom is -0.370 e. The molecule has 1 rings (SSSR count). The van der Waals surface area contributed by atoms with Crippen molar-refractivity contribution in [1.82, 2.24) is 0 Å². The molecule has 14 heavy (non-hydrogen) atoms. The first-order valence-corrected chi connectivity index (χ1v) is 4.78. The van der Waals surface area contributed by atoms with Crippen molar-refractivity contribution in [3.05, 3.63) is 28.8 Å². The first-order valence-electron chi connectivity index (χ1n) is 4.78. The Morgan fingerprint density at radius 2 is 1.71 bits per heavy atom. The third-order valence-corrected chi connectivity index (χ3v) is 2.41. The number of rotatable bonds is 2. The van der Waals surface area contributed by atoms with E-state index in [0.29, 0.717) is 0 Å². The molecule has 0 saturated carbocycles. The Balaban J connectivity index is 2.99. The maximum Gasteiger partial charge on any atom is 0.111 e. The van der Waals surface area contributed by atoms with Crippen LogP contribution in [0.25, 0.3) is 0 Å². The van der Waals surface area contributed by atoms with Gasteiger partial charge in [0, 0.05) is 5.69 Å². The topological polar surface area (TPSA) is 35.8 Å². The summed E-state index contributed by atoms with van der Waals surface area (Å²) in [6, 6.07) is 6.26. The van der Waals surface area contributed by atoms with Crippen molar-refractivity contribution in [3.63, 3.8) is 0 Å². The standard InChI is InChI=1S/C12H16N2/c1-8-5-10(3)12(6-9(8)2)14-11(4)7-13/h5-6,11,14H,1-4H3. The highest BCUT2D eigenvalue weighted by atomic mass is 14.9. The normalized spacial score (nSPS) is 11.9. The average molecular weight is 188 g/mol. The molecule has 1 aromatic carbocycles. The van der Waals surface area contributed by atoms with E-state index in [1.807, 2.05) is 6.92 Å². The molecule has 1 atom stereocenters. The van der Waals surface area contributed by atoms with Crippen molar-refractivity contribution >= 4 is 5.69 Å². The molecule has 74 valence electrons. The van der Waals surface area contributed by atoms with Crippen LogP contribution >= 0.6 is 0 Å². The van der Waals surface area contributed by atoms with Crippen molar-refractivity contribution in [2.24, 2.45) is 0 Å². The summed E-state index contributed by atoms with van der Waals surface area (Å²) in [5.74, 6) is 0. The van der Waals surface area contributed by atoms with E-state index in [-0.39, 0.29) is 6.04 Å². The lowest BCUT2D eigenvalue weighted by Gasteiger charge is -2.13. The van der Waals surface area contributed by atoms with Crippen LogP contribution in [0, 0.1) is 32.1 Å². The lowest BCUT2D eigenvalue weighted by atomic mass is 10.0. The Morgan fingerprint density at radius 3 is 2.29 bits per heavy atom. The van der Waals surface area contributed by atoms with Crippen LogP contribution in [0.3, 0.4) is 0 Å². The van der Waals surface area contributed by atoms with Gasteiger partial charge in [-0.25, -0.2) is 0 Å². The van der Waals surface area contributed by atoms with Crippen LogP contribution in [0.5, 0.6) is 0 Å². The van der Waals surface area contributed by atoms with E-state index < -0.39 is 0 Å². The van der Waals surface area contributed by atoms with Crippen LogP contribution < -0.4 is 5.32 Å². The van der Waals surface area contributed by atoms with Gasteiger partial charge in [-0.1, -0.05) is 6.07 Å². The third kappa shape index (κ3) is 2.26. The Kier molecular flexibility index (Phi) is 3.14. The molecular weight excluding hydrogens is 172 g/mol. The zero-order chi connectivity index (χ0) is 10.7. The summed E-state index contributed by atoms with van der Waals surface area (Å²) in [4.78, 5) is 0. The van der Waals surface area contributed by atoms with Gasteiger partial charge in [0.15, 0.2) is 0 Å². The van der Waals surface area contributed by atoms with E-state index in [4.69, 9.17) is 5.26 Å². The van der Waals surface area contributed by atoms with Gasteiger partial charge in [0.1, 0.15) is 6.04 Å². The van der Waals surface area contributed by atoms with Gasteiger partial charge in [0.05, 0.1) is 6.07 Å². The second-order valence-corrected chi connectivity index (χ2v) is 3.75. The van der Waals surface area contributed by atoms with Gasteiger partial charge in [0.25, 0.3) is 0 Å². The number of nitrogens with one attached hydrogen (secondary N) is 1. The first-order chi connectivity index (χ1) is 6.54. The Morgan fingerprint density at radius 1 is 1.14 bits per heavy atom. The minimum atomic E-state index is -0.143. The SMILES string of the molecule is Cc1cc(C)c(NC(C)C#N)cc1C. The third-order valence-electron chi connectivity index (χ3n) is 2.41. The molecule has 0 saturated heterocycles. The van der Waals surface area contributed by atoms with Crippen LogP contribution in [-0.2, 0) is 0 Å². The quantitative estimate of drug-likeness (QED) is 0.774. The summed E-state index contributed by atoms with van der Waals surface area (Å²) in [5, 5.41) is 11.9. The number of nitriles is 1. The molecule has 0 amide bonds. The van der Waals surface area contributed by atoms with Crippen LogP contribution in [0.4, 0.5) is 5.69 Å². The highest BCUT2D eigenvalue weighted by Gasteiger charge is 2.04. The monoisotopic (exact) mass is 188 g/mol. The molecule has 0 heterocycles. The first kappa shape index (κ1) is 10.6. The lowest BCUT2D eigenvalue weighted by molar-refractivity contribution is 1.00. The summed E-state index contributed by atoms with van der Waals surface area (Å²) in [6.07, 6.45) is 0. The molecule has 1 N–H and O–H groups in total. The fourth-order valence-electron chi connectivity index (χ4n) is 1.38. The maximum absolute atomic E-state index is 8.70. The predicted octanol–water partition coefficient (Wildman–Crippen LogP) is 2.94. The molecule has 2 nitrogen and oxygen atoms in total. The Labute approximate surface area is 85.6 Å². The van der Waals surface area contributed by atoms with E-state index in [1.54, 1.807) is 0 Å². The van der Waals surface area contributed by atoms with E-state index >= 15 is 0 Å². The van der Waals surface area contributed by atoms with Gasteiger partial charge in [-0.15, -0.1) is 0 Å². The average Bonchev–Trinajstić information content (AvgIpc) is 2.14. The van der Waals surface area contributed by atoms with Gasteiger partial charge in [-0.2, -0.15) is 5.26 Å². The van der Waals surface area contributed by atoms with Crippen molar-refractivity contribution < 1.29 is 0 Å². The molecule has 0 spiro atoms. The van der Waals surface area contributed by atoms with Crippen molar-refractivity contribution in [1.29, 1.82) is 5.26 Å². The van der Waals surface area contributed by atoms with E-state index in [1.165, 1.54) is 16.7 Å². The molecule has 1 unspecified atom stereocenters. The molecule has 0 aliphatic rings. The molecule has 2 heteroatoms. The Hall–Kier alpha value is -1.49. The largest absolute Gasteiger partial charge is 0.370 e. The van der Waals surface area contributed by atoms with Gasteiger partial charge in [0.2, 0.25) is 0 Å². The molecule has 1 aromatic rings. The summed E-state index contributed by atoms with van der Waals surface area (Å²) in [6.45, 7) is 8.09. The number of anilines is 1. The highest BCUT2D eigenvalue weighted by molar-refractivity contribution is 5.55. The fourth-order valence-corrected chi connectivity index (χ4v) is 1.38. The van der Waals surface area contributed by atoms with E-state index in [0.717, 1.165) is 5.69 Å². The van der Waals surface area contributed by atoms with E-state index in [2.05, 4.69) is 44.3 Å². The summed E-state index contributed by atoms with van der Waals surface area (Å²) in [5.41, 5.74) is 4.79. The summed E-state index contributed by atoms with van der Waals surface area (Å²) >= 11 is 0. The number of nitrogens with zero attached hydrogens (tertiary/aromatic N) is 1.